The van der Waals surface area contributed by atoms with E-state index in [0.29, 0.717) is 0 Å². The minimum Gasteiger partial charge on any atom is -0.303 e. The van der Waals surface area contributed by atoms with Crippen molar-refractivity contribution in [2.45, 2.75) is 13.8 Å². The molecule has 3 heteroatoms. The molecule has 0 aliphatic rings. The summed E-state index contributed by atoms with van der Waals surface area (Å²) in [7, 11) is 0. The van der Waals surface area contributed by atoms with Gasteiger partial charge in [-0.15, -0.1) is 0 Å². The predicted molar refractivity (Wildman–Crippen MR) is 42.5 cm³/mol. The molecule has 2 rings (SSSR count). The van der Waals surface area contributed by atoms with E-state index >= 15 is 0 Å². The molecular weight excluding hydrogens is 138 g/mol. The molecule has 3 nitrogen and oxygen atoms in total. The van der Waals surface area contributed by atoms with E-state index in [1.807, 2.05) is 30.6 Å². The van der Waals surface area contributed by atoms with Crippen LogP contribution in [0.1, 0.15) is 11.4 Å². The SMILES string of the molecule is Cc1cn2cncc2c(C)n1. The molecule has 2 heterocycles. The van der Waals surface area contributed by atoms with E-state index in [1.54, 1.807) is 6.33 Å². The Morgan fingerprint density at radius 2 is 2.18 bits per heavy atom. The van der Waals surface area contributed by atoms with Gasteiger partial charge in [0.1, 0.15) is 0 Å². The van der Waals surface area contributed by atoms with Gasteiger partial charge in [-0.05, 0) is 13.8 Å². The van der Waals surface area contributed by atoms with Crippen LogP contribution in [0.5, 0.6) is 0 Å². The second-order valence-electron chi connectivity index (χ2n) is 2.65. The van der Waals surface area contributed by atoms with E-state index in [2.05, 4.69) is 9.97 Å². The number of rotatable bonds is 0. The molecule has 11 heavy (non-hydrogen) atoms. The van der Waals surface area contributed by atoms with Gasteiger partial charge in [-0.2, -0.15) is 0 Å². The molecule has 0 aliphatic carbocycles. The fourth-order valence-electron chi connectivity index (χ4n) is 1.24. The van der Waals surface area contributed by atoms with Crippen molar-refractivity contribution < 1.29 is 0 Å². The minimum atomic E-state index is 1.02. The highest BCUT2D eigenvalue weighted by Gasteiger charge is 1.98. The first-order valence-corrected chi connectivity index (χ1v) is 3.53. The fourth-order valence-corrected chi connectivity index (χ4v) is 1.24. The predicted octanol–water partition coefficient (Wildman–Crippen LogP) is 1.35. The Kier molecular flexibility index (Phi) is 1.18. The molecule has 0 aliphatic heterocycles. The summed E-state index contributed by atoms with van der Waals surface area (Å²) >= 11 is 0. The van der Waals surface area contributed by atoms with Gasteiger partial charge >= 0.3 is 0 Å². The molecule has 0 bridgehead atoms. The number of aryl methyl sites for hydroxylation is 2. The third kappa shape index (κ3) is 0.888. The van der Waals surface area contributed by atoms with E-state index in [4.69, 9.17) is 0 Å². The van der Waals surface area contributed by atoms with Crippen LogP contribution in [0.2, 0.25) is 0 Å². The smallest absolute Gasteiger partial charge is 0.0993 e. The molecule has 0 unspecified atom stereocenters. The average Bonchev–Trinajstić information content (AvgIpc) is 2.34. The summed E-state index contributed by atoms with van der Waals surface area (Å²) in [5.41, 5.74) is 3.13. The monoisotopic (exact) mass is 147 g/mol. The zero-order chi connectivity index (χ0) is 7.84. The third-order valence-electron chi connectivity index (χ3n) is 1.71. The molecule has 0 fully saturated rings. The number of aromatic nitrogens is 3. The van der Waals surface area contributed by atoms with E-state index in [9.17, 15) is 0 Å². The summed E-state index contributed by atoms with van der Waals surface area (Å²) in [6, 6.07) is 0. The molecule has 0 saturated heterocycles. The van der Waals surface area contributed by atoms with Crippen molar-refractivity contribution in [3.8, 4) is 0 Å². The average molecular weight is 147 g/mol. The van der Waals surface area contributed by atoms with Gasteiger partial charge < -0.3 is 4.40 Å². The molecule has 56 valence electrons. The van der Waals surface area contributed by atoms with Crippen molar-refractivity contribution >= 4 is 5.52 Å². The van der Waals surface area contributed by atoms with Crippen molar-refractivity contribution in [2.75, 3.05) is 0 Å². The molecule has 0 atom stereocenters. The Labute approximate surface area is 64.7 Å². The van der Waals surface area contributed by atoms with Gasteiger partial charge in [0.15, 0.2) is 0 Å². The van der Waals surface area contributed by atoms with Crippen LogP contribution >= 0.6 is 0 Å². The Balaban J connectivity index is 2.91. The normalized spacial score (nSPS) is 10.7. The van der Waals surface area contributed by atoms with Crippen molar-refractivity contribution in [1.82, 2.24) is 14.4 Å². The van der Waals surface area contributed by atoms with E-state index in [1.165, 1.54) is 0 Å². The first kappa shape index (κ1) is 6.34. The maximum Gasteiger partial charge on any atom is 0.0993 e. The summed E-state index contributed by atoms with van der Waals surface area (Å²) in [5, 5.41) is 0. The highest BCUT2D eigenvalue weighted by molar-refractivity contribution is 5.49. The summed E-state index contributed by atoms with van der Waals surface area (Å²) < 4.78 is 1.98. The molecule has 2 aromatic heterocycles. The van der Waals surface area contributed by atoms with Crippen LogP contribution in [0.25, 0.3) is 5.52 Å². The highest BCUT2D eigenvalue weighted by atomic mass is 15.0. The number of imidazole rings is 1. The fraction of sp³-hybridized carbons (Fsp3) is 0.250. The quantitative estimate of drug-likeness (QED) is 0.563. The topological polar surface area (TPSA) is 30.2 Å². The molecule has 0 saturated carbocycles. The first-order valence-electron chi connectivity index (χ1n) is 3.53. The van der Waals surface area contributed by atoms with Crippen LogP contribution in [-0.4, -0.2) is 14.4 Å². The number of nitrogens with zero attached hydrogens (tertiary/aromatic N) is 3. The zero-order valence-electron chi connectivity index (χ0n) is 6.57. The largest absolute Gasteiger partial charge is 0.303 e. The van der Waals surface area contributed by atoms with Crippen LogP contribution in [0, 0.1) is 13.8 Å². The Bertz CT molecular complexity index is 389. The number of hydrogen-bond acceptors (Lipinski definition) is 2. The Morgan fingerprint density at radius 1 is 1.36 bits per heavy atom. The molecule has 0 radical (unpaired) electrons. The standard InChI is InChI=1S/C8H9N3/c1-6-4-11-5-9-3-8(11)7(2)10-6/h3-5H,1-2H3. The van der Waals surface area contributed by atoms with Gasteiger partial charge in [0.25, 0.3) is 0 Å². The van der Waals surface area contributed by atoms with Crippen LogP contribution < -0.4 is 0 Å². The maximum absolute atomic E-state index is 4.31. The Hall–Kier alpha value is -1.38. The lowest BCUT2D eigenvalue weighted by atomic mass is 10.4. The van der Waals surface area contributed by atoms with Crippen LogP contribution in [-0.2, 0) is 0 Å². The molecule has 0 aromatic carbocycles. The number of fused-ring (bicyclic) bond motifs is 1. The van der Waals surface area contributed by atoms with Crippen molar-refractivity contribution in [3.05, 3.63) is 30.1 Å². The molecule has 2 aromatic rings. The summed E-state index contributed by atoms with van der Waals surface area (Å²) in [6.45, 7) is 3.97. The highest BCUT2D eigenvalue weighted by Crippen LogP contribution is 2.06. The van der Waals surface area contributed by atoms with Gasteiger partial charge in [0, 0.05) is 6.20 Å². The molecule has 0 amide bonds. The van der Waals surface area contributed by atoms with Crippen LogP contribution in [0.3, 0.4) is 0 Å². The van der Waals surface area contributed by atoms with Crippen molar-refractivity contribution in [1.29, 1.82) is 0 Å². The summed E-state index contributed by atoms with van der Waals surface area (Å²) in [4.78, 5) is 8.34. The van der Waals surface area contributed by atoms with Crippen LogP contribution in [0.4, 0.5) is 0 Å². The van der Waals surface area contributed by atoms with E-state index < -0.39 is 0 Å². The van der Waals surface area contributed by atoms with Crippen LogP contribution in [0.15, 0.2) is 18.7 Å². The van der Waals surface area contributed by atoms with E-state index in [-0.39, 0.29) is 0 Å². The second kappa shape index (κ2) is 2.05. The Morgan fingerprint density at radius 3 is 3.00 bits per heavy atom. The second-order valence-corrected chi connectivity index (χ2v) is 2.65. The minimum absolute atomic E-state index is 1.02. The summed E-state index contributed by atoms with van der Waals surface area (Å²) in [6.07, 6.45) is 5.58. The lowest BCUT2D eigenvalue weighted by Gasteiger charge is -1.98. The molecule has 0 spiro atoms. The van der Waals surface area contributed by atoms with Crippen molar-refractivity contribution in [3.63, 3.8) is 0 Å². The summed E-state index contributed by atoms with van der Waals surface area (Å²) in [5.74, 6) is 0. The lowest BCUT2D eigenvalue weighted by Crippen LogP contribution is -1.92. The van der Waals surface area contributed by atoms with Gasteiger partial charge in [-0.1, -0.05) is 0 Å². The van der Waals surface area contributed by atoms with Gasteiger partial charge in [0.05, 0.1) is 29.4 Å². The van der Waals surface area contributed by atoms with E-state index in [0.717, 1.165) is 16.9 Å². The van der Waals surface area contributed by atoms with Gasteiger partial charge in [0.2, 0.25) is 0 Å². The lowest BCUT2D eigenvalue weighted by molar-refractivity contribution is 1.03. The molecule has 0 N–H and O–H groups in total. The van der Waals surface area contributed by atoms with Crippen molar-refractivity contribution in [2.24, 2.45) is 0 Å². The first-order chi connectivity index (χ1) is 5.27. The number of hydrogen-bond donors (Lipinski definition) is 0. The van der Waals surface area contributed by atoms with Gasteiger partial charge in [-0.3, -0.25) is 4.98 Å². The molecular formula is C8H9N3. The third-order valence-corrected chi connectivity index (χ3v) is 1.71. The maximum atomic E-state index is 4.31. The van der Waals surface area contributed by atoms with Gasteiger partial charge in [-0.25, -0.2) is 4.98 Å². The zero-order valence-corrected chi connectivity index (χ0v) is 6.57.